The molecule has 1 amide bonds. The fourth-order valence-electron chi connectivity index (χ4n) is 2.57. The maximum absolute atomic E-state index is 12.5. The molecular formula is C19H24N2O4S. The maximum Gasteiger partial charge on any atom is 0.242 e. The van der Waals surface area contributed by atoms with Crippen molar-refractivity contribution in [3.8, 4) is 5.75 Å². The first kappa shape index (κ1) is 19.9. The molecule has 0 aromatic heterocycles. The van der Waals surface area contributed by atoms with Crippen LogP contribution in [0.4, 0.5) is 5.69 Å². The first-order valence-corrected chi connectivity index (χ1v) is 10.1. The number of amides is 1. The molecule has 2 rings (SSSR count). The highest BCUT2D eigenvalue weighted by Gasteiger charge is 2.23. The molecular weight excluding hydrogens is 352 g/mol. The molecule has 6 nitrogen and oxygen atoms in total. The second-order valence-electron chi connectivity index (χ2n) is 5.95. The van der Waals surface area contributed by atoms with Crippen molar-refractivity contribution in [1.82, 2.24) is 4.31 Å². The Morgan fingerprint density at radius 3 is 2.27 bits per heavy atom. The minimum atomic E-state index is -3.52. The predicted octanol–water partition coefficient (Wildman–Crippen LogP) is 2.16. The van der Waals surface area contributed by atoms with E-state index in [0.29, 0.717) is 12.2 Å². The van der Waals surface area contributed by atoms with Gasteiger partial charge in [-0.2, -0.15) is 4.31 Å². The van der Waals surface area contributed by atoms with Gasteiger partial charge in [0.1, 0.15) is 5.75 Å². The lowest BCUT2D eigenvalue weighted by molar-refractivity contribution is -0.118. The van der Waals surface area contributed by atoms with Gasteiger partial charge in [0.15, 0.2) is 0 Å². The van der Waals surface area contributed by atoms with E-state index in [1.54, 1.807) is 26.3 Å². The third kappa shape index (κ3) is 5.31. The van der Waals surface area contributed by atoms with Gasteiger partial charge in [-0.3, -0.25) is 4.79 Å². The predicted molar refractivity (Wildman–Crippen MR) is 103 cm³/mol. The van der Waals surface area contributed by atoms with Crippen LogP contribution in [0.3, 0.4) is 0 Å². The zero-order chi connectivity index (χ0) is 19.2. The monoisotopic (exact) mass is 376 g/mol. The number of nitrogens with zero attached hydrogens (tertiary/aromatic N) is 2. The first-order valence-electron chi connectivity index (χ1n) is 8.21. The summed E-state index contributed by atoms with van der Waals surface area (Å²) in [5, 5.41) is 0. The van der Waals surface area contributed by atoms with E-state index in [1.807, 2.05) is 42.5 Å². The zero-order valence-electron chi connectivity index (χ0n) is 15.3. The highest BCUT2D eigenvalue weighted by Crippen LogP contribution is 2.19. The van der Waals surface area contributed by atoms with Gasteiger partial charge in [0.25, 0.3) is 0 Å². The lowest BCUT2D eigenvalue weighted by Gasteiger charge is -2.24. The lowest BCUT2D eigenvalue weighted by atomic mass is 10.1. The van der Waals surface area contributed by atoms with Gasteiger partial charge in [-0.25, -0.2) is 8.42 Å². The summed E-state index contributed by atoms with van der Waals surface area (Å²) in [7, 11) is -0.308. The highest BCUT2D eigenvalue weighted by atomic mass is 32.2. The summed E-state index contributed by atoms with van der Waals surface area (Å²) < 4.78 is 30.7. The fraction of sp³-hybridized carbons (Fsp3) is 0.316. The van der Waals surface area contributed by atoms with E-state index in [9.17, 15) is 13.2 Å². The number of benzene rings is 2. The van der Waals surface area contributed by atoms with Gasteiger partial charge in [-0.15, -0.1) is 0 Å². The van der Waals surface area contributed by atoms with Crippen molar-refractivity contribution in [2.24, 2.45) is 0 Å². The highest BCUT2D eigenvalue weighted by molar-refractivity contribution is 7.88. The maximum atomic E-state index is 12.5. The van der Waals surface area contributed by atoms with Gasteiger partial charge in [0.2, 0.25) is 15.9 Å². The molecule has 0 spiro atoms. The van der Waals surface area contributed by atoms with Crippen LogP contribution in [0.15, 0.2) is 54.6 Å². The number of hydrogen-bond acceptors (Lipinski definition) is 4. The molecule has 0 radical (unpaired) electrons. The number of rotatable bonds is 8. The van der Waals surface area contributed by atoms with Gasteiger partial charge >= 0.3 is 0 Å². The van der Waals surface area contributed by atoms with Crippen LogP contribution in [-0.2, 0) is 21.2 Å². The molecule has 0 N–H and O–H groups in total. The van der Waals surface area contributed by atoms with Gasteiger partial charge in [0.05, 0.1) is 19.9 Å². The summed E-state index contributed by atoms with van der Waals surface area (Å²) >= 11 is 0. The third-order valence-electron chi connectivity index (χ3n) is 4.12. The second-order valence-corrected chi connectivity index (χ2v) is 7.93. The molecule has 2 aromatic carbocycles. The number of hydrogen-bond donors (Lipinski definition) is 0. The molecule has 0 heterocycles. The molecule has 26 heavy (non-hydrogen) atoms. The van der Waals surface area contributed by atoms with Crippen molar-refractivity contribution >= 4 is 21.6 Å². The van der Waals surface area contributed by atoms with Gasteiger partial charge < -0.3 is 9.64 Å². The molecule has 7 heteroatoms. The summed E-state index contributed by atoms with van der Waals surface area (Å²) in [6.07, 6.45) is 1.57. The molecule has 0 unspecified atom stereocenters. The summed E-state index contributed by atoms with van der Waals surface area (Å²) in [6.45, 7) is -0.00699. The SMILES string of the molecule is COc1ccccc1CCN(CC(=O)N(C)c1ccccc1)S(C)(=O)=O. The summed E-state index contributed by atoms with van der Waals surface area (Å²) in [6, 6.07) is 16.6. The van der Waals surface area contributed by atoms with Crippen LogP contribution in [0, 0.1) is 0 Å². The quantitative estimate of drug-likeness (QED) is 0.708. The van der Waals surface area contributed by atoms with Crippen molar-refractivity contribution in [1.29, 1.82) is 0 Å². The Labute approximate surface area is 155 Å². The molecule has 0 aliphatic carbocycles. The third-order valence-corrected chi connectivity index (χ3v) is 5.37. The van der Waals surface area contributed by atoms with Crippen LogP contribution in [0.2, 0.25) is 0 Å². The molecule has 2 aromatic rings. The van der Waals surface area contributed by atoms with Crippen molar-refractivity contribution in [2.75, 3.05) is 38.4 Å². The van der Waals surface area contributed by atoms with Crippen LogP contribution in [-0.4, -0.2) is 52.1 Å². The molecule has 0 aliphatic rings. The number of carbonyl (C=O) groups excluding carboxylic acids is 1. The lowest BCUT2D eigenvalue weighted by Crippen LogP contribution is -2.42. The van der Waals surface area contributed by atoms with Gasteiger partial charge in [-0.1, -0.05) is 36.4 Å². The van der Waals surface area contributed by atoms with Crippen LogP contribution in [0.5, 0.6) is 5.75 Å². The van der Waals surface area contributed by atoms with E-state index in [4.69, 9.17) is 4.74 Å². The van der Waals surface area contributed by atoms with E-state index in [0.717, 1.165) is 17.5 Å². The van der Waals surface area contributed by atoms with Crippen LogP contribution >= 0.6 is 0 Å². The Balaban J connectivity index is 2.09. The van der Waals surface area contributed by atoms with Gasteiger partial charge in [-0.05, 0) is 30.2 Å². The minimum Gasteiger partial charge on any atom is -0.496 e. The Kier molecular flexibility index (Phi) is 6.76. The van der Waals surface area contributed by atoms with Crippen molar-refractivity contribution in [3.63, 3.8) is 0 Å². The Morgan fingerprint density at radius 2 is 1.65 bits per heavy atom. The average molecular weight is 376 g/mol. The van der Waals surface area contributed by atoms with E-state index >= 15 is 0 Å². The minimum absolute atomic E-state index is 0.202. The normalized spacial score (nSPS) is 11.4. The summed E-state index contributed by atoms with van der Waals surface area (Å²) in [5.41, 5.74) is 1.61. The molecule has 0 saturated heterocycles. The molecule has 0 bridgehead atoms. The van der Waals surface area contributed by atoms with Crippen LogP contribution in [0.1, 0.15) is 5.56 Å². The van der Waals surface area contributed by atoms with Crippen molar-refractivity contribution in [3.05, 3.63) is 60.2 Å². The second kappa shape index (κ2) is 8.82. The molecule has 0 aliphatic heterocycles. The number of para-hydroxylation sites is 2. The van der Waals surface area contributed by atoms with E-state index < -0.39 is 10.0 Å². The van der Waals surface area contributed by atoms with E-state index in [-0.39, 0.29) is 19.0 Å². The molecule has 0 fully saturated rings. The van der Waals surface area contributed by atoms with Crippen molar-refractivity contribution < 1.29 is 17.9 Å². The van der Waals surface area contributed by atoms with E-state index in [1.165, 1.54) is 9.21 Å². The van der Waals surface area contributed by atoms with Crippen LogP contribution < -0.4 is 9.64 Å². The number of sulfonamides is 1. The smallest absolute Gasteiger partial charge is 0.242 e. The Morgan fingerprint density at radius 1 is 1.04 bits per heavy atom. The number of likely N-dealkylation sites (N-methyl/N-ethyl adjacent to an activating group) is 1. The largest absolute Gasteiger partial charge is 0.496 e. The topological polar surface area (TPSA) is 66.9 Å². The number of ether oxygens (including phenoxy) is 1. The standard InChI is InChI=1S/C19H24N2O4S/c1-20(17-10-5-4-6-11-17)19(22)15-21(26(3,23)24)14-13-16-9-7-8-12-18(16)25-2/h4-12H,13-15H2,1-3H3. The average Bonchev–Trinajstić information content (AvgIpc) is 2.64. The molecule has 0 saturated carbocycles. The van der Waals surface area contributed by atoms with Crippen molar-refractivity contribution in [2.45, 2.75) is 6.42 Å². The summed E-state index contributed by atoms with van der Waals surface area (Å²) in [5.74, 6) is 0.412. The number of methoxy groups -OCH3 is 1. The molecule has 0 atom stereocenters. The summed E-state index contributed by atoms with van der Waals surface area (Å²) in [4.78, 5) is 14.0. The Bertz CT molecular complexity index is 838. The number of carbonyl (C=O) groups is 1. The molecule has 140 valence electrons. The Hall–Kier alpha value is -2.38. The first-order chi connectivity index (χ1) is 12.3. The van der Waals surface area contributed by atoms with Gasteiger partial charge in [0, 0.05) is 19.3 Å². The fourth-order valence-corrected chi connectivity index (χ4v) is 3.34. The van der Waals surface area contributed by atoms with Crippen LogP contribution in [0.25, 0.3) is 0 Å². The van der Waals surface area contributed by atoms with E-state index in [2.05, 4.69) is 0 Å². The number of anilines is 1. The zero-order valence-corrected chi connectivity index (χ0v) is 16.1.